The van der Waals surface area contributed by atoms with Crippen molar-refractivity contribution in [3.8, 4) is 5.75 Å². The zero-order valence-electron chi connectivity index (χ0n) is 8.43. The minimum Gasteiger partial charge on any atom is -0.433 e. The molecular formula is C10H12ClF2NO. The molecule has 1 aromatic rings. The van der Waals surface area contributed by atoms with Gasteiger partial charge in [-0.25, -0.2) is 0 Å². The topological polar surface area (TPSA) is 21.3 Å². The largest absolute Gasteiger partial charge is 0.433 e. The molecule has 5 heteroatoms. The third-order valence-corrected chi connectivity index (χ3v) is 1.90. The summed E-state index contributed by atoms with van der Waals surface area (Å²) in [5.74, 6) is -0.0130. The van der Waals surface area contributed by atoms with Crippen molar-refractivity contribution in [3.05, 3.63) is 23.2 Å². The van der Waals surface area contributed by atoms with Crippen LogP contribution in [0.3, 0.4) is 0 Å². The van der Waals surface area contributed by atoms with Crippen molar-refractivity contribution in [2.75, 3.05) is 5.32 Å². The van der Waals surface area contributed by atoms with Gasteiger partial charge in [-0.15, -0.1) is 0 Å². The van der Waals surface area contributed by atoms with Crippen LogP contribution in [-0.2, 0) is 0 Å². The van der Waals surface area contributed by atoms with Crippen molar-refractivity contribution >= 4 is 17.3 Å². The molecule has 15 heavy (non-hydrogen) atoms. The number of halogens is 3. The maximum atomic E-state index is 11.9. The van der Waals surface area contributed by atoms with E-state index < -0.39 is 6.61 Å². The van der Waals surface area contributed by atoms with Gasteiger partial charge in [-0.3, -0.25) is 0 Å². The average Bonchev–Trinajstić information content (AvgIpc) is 2.08. The molecule has 1 aromatic carbocycles. The van der Waals surface area contributed by atoms with E-state index >= 15 is 0 Å². The van der Waals surface area contributed by atoms with Crippen LogP contribution in [0.15, 0.2) is 18.2 Å². The molecule has 0 fully saturated rings. The van der Waals surface area contributed by atoms with Crippen LogP contribution in [0.4, 0.5) is 14.5 Å². The molecule has 1 rings (SSSR count). The van der Waals surface area contributed by atoms with Crippen LogP contribution in [0.2, 0.25) is 5.02 Å². The van der Waals surface area contributed by atoms with Gasteiger partial charge in [0, 0.05) is 11.7 Å². The van der Waals surface area contributed by atoms with Gasteiger partial charge in [-0.05, 0) is 32.0 Å². The van der Waals surface area contributed by atoms with Crippen LogP contribution in [0.25, 0.3) is 0 Å². The molecule has 1 N–H and O–H groups in total. The fourth-order valence-electron chi connectivity index (χ4n) is 1.12. The van der Waals surface area contributed by atoms with E-state index in [-0.39, 0.29) is 16.8 Å². The van der Waals surface area contributed by atoms with Gasteiger partial charge in [0.05, 0.1) is 5.02 Å². The van der Waals surface area contributed by atoms with E-state index in [4.69, 9.17) is 11.6 Å². The average molecular weight is 236 g/mol. The lowest BCUT2D eigenvalue weighted by atomic mass is 10.2. The highest BCUT2D eigenvalue weighted by Gasteiger charge is 2.09. The van der Waals surface area contributed by atoms with Gasteiger partial charge in [0.1, 0.15) is 5.75 Å². The van der Waals surface area contributed by atoms with Crippen LogP contribution in [0, 0.1) is 0 Å². The molecule has 84 valence electrons. The zero-order valence-corrected chi connectivity index (χ0v) is 9.18. The smallest absolute Gasteiger partial charge is 0.387 e. The standard InChI is InChI=1S/C10H12ClF2NO/c1-6(2)14-7-3-4-9(8(11)5-7)15-10(12)13/h3-6,10,14H,1-2H3. The monoisotopic (exact) mass is 235 g/mol. The summed E-state index contributed by atoms with van der Waals surface area (Å²) in [7, 11) is 0. The van der Waals surface area contributed by atoms with Crippen molar-refractivity contribution in [1.82, 2.24) is 0 Å². The predicted molar refractivity (Wildman–Crippen MR) is 56.8 cm³/mol. The van der Waals surface area contributed by atoms with Crippen molar-refractivity contribution in [1.29, 1.82) is 0 Å². The minimum atomic E-state index is -2.86. The van der Waals surface area contributed by atoms with Gasteiger partial charge in [-0.2, -0.15) is 8.78 Å². The molecule has 0 aliphatic rings. The van der Waals surface area contributed by atoms with Crippen LogP contribution in [-0.4, -0.2) is 12.7 Å². The molecule has 0 unspecified atom stereocenters. The van der Waals surface area contributed by atoms with Crippen LogP contribution >= 0.6 is 11.6 Å². The first-order valence-electron chi connectivity index (χ1n) is 4.50. The van der Waals surface area contributed by atoms with E-state index in [1.807, 2.05) is 13.8 Å². The molecule has 0 bridgehead atoms. The summed E-state index contributed by atoms with van der Waals surface area (Å²) in [6.45, 7) is 1.08. The van der Waals surface area contributed by atoms with Gasteiger partial charge >= 0.3 is 6.61 Å². The van der Waals surface area contributed by atoms with Crippen molar-refractivity contribution in [2.24, 2.45) is 0 Å². The normalized spacial score (nSPS) is 10.9. The lowest BCUT2D eigenvalue weighted by molar-refractivity contribution is -0.0497. The van der Waals surface area contributed by atoms with Crippen LogP contribution in [0.1, 0.15) is 13.8 Å². The molecule has 0 spiro atoms. The number of rotatable bonds is 4. The second-order valence-electron chi connectivity index (χ2n) is 3.32. The number of alkyl halides is 2. The minimum absolute atomic E-state index is 0.0130. The molecule has 0 radical (unpaired) electrons. The molecule has 0 amide bonds. The summed E-state index contributed by atoms with van der Waals surface area (Å²) in [6.07, 6.45) is 0. The maximum Gasteiger partial charge on any atom is 0.387 e. The Labute approximate surface area is 92.2 Å². The van der Waals surface area contributed by atoms with E-state index in [1.54, 1.807) is 12.1 Å². The summed E-state index contributed by atoms with van der Waals surface area (Å²) in [5, 5.41) is 3.27. The number of benzene rings is 1. The summed E-state index contributed by atoms with van der Waals surface area (Å²) in [4.78, 5) is 0. The number of hydrogen-bond acceptors (Lipinski definition) is 2. The Morgan fingerprint density at radius 2 is 2.00 bits per heavy atom. The van der Waals surface area contributed by atoms with Crippen LogP contribution in [0.5, 0.6) is 5.75 Å². The van der Waals surface area contributed by atoms with Crippen LogP contribution < -0.4 is 10.1 Å². The number of anilines is 1. The van der Waals surface area contributed by atoms with E-state index in [9.17, 15) is 8.78 Å². The second kappa shape index (κ2) is 5.16. The van der Waals surface area contributed by atoms with Gasteiger partial charge in [0.15, 0.2) is 0 Å². The molecule has 2 nitrogen and oxygen atoms in total. The van der Waals surface area contributed by atoms with E-state index in [0.717, 1.165) is 5.69 Å². The Morgan fingerprint density at radius 3 is 2.47 bits per heavy atom. The molecule has 0 saturated heterocycles. The summed E-state index contributed by atoms with van der Waals surface area (Å²) < 4.78 is 28.0. The highest BCUT2D eigenvalue weighted by molar-refractivity contribution is 6.32. The van der Waals surface area contributed by atoms with Crippen molar-refractivity contribution in [3.63, 3.8) is 0 Å². The fraction of sp³-hybridized carbons (Fsp3) is 0.400. The maximum absolute atomic E-state index is 11.9. The molecule has 0 saturated carbocycles. The van der Waals surface area contributed by atoms with Crippen molar-refractivity contribution in [2.45, 2.75) is 26.5 Å². The Kier molecular flexibility index (Phi) is 4.15. The van der Waals surface area contributed by atoms with Gasteiger partial charge in [-0.1, -0.05) is 11.6 Å². The van der Waals surface area contributed by atoms with E-state index in [2.05, 4.69) is 10.1 Å². The molecule has 0 atom stereocenters. The van der Waals surface area contributed by atoms with E-state index in [1.165, 1.54) is 6.07 Å². The van der Waals surface area contributed by atoms with Gasteiger partial charge in [0.2, 0.25) is 0 Å². The summed E-state index contributed by atoms with van der Waals surface area (Å²) >= 11 is 5.76. The lowest BCUT2D eigenvalue weighted by Gasteiger charge is -2.12. The Morgan fingerprint density at radius 1 is 1.33 bits per heavy atom. The van der Waals surface area contributed by atoms with Gasteiger partial charge in [0.25, 0.3) is 0 Å². The lowest BCUT2D eigenvalue weighted by Crippen LogP contribution is -2.09. The van der Waals surface area contributed by atoms with E-state index in [0.29, 0.717) is 0 Å². The second-order valence-corrected chi connectivity index (χ2v) is 3.73. The Balaban J connectivity index is 2.78. The third-order valence-electron chi connectivity index (χ3n) is 1.60. The number of nitrogens with one attached hydrogen (secondary N) is 1. The predicted octanol–water partition coefficient (Wildman–Crippen LogP) is 3.76. The Hall–Kier alpha value is -1.03. The molecule has 0 heterocycles. The number of hydrogen-bond donors (Lipinski definition) is 1. The third kappa shape index (κ3) is 3.91. The molecular weight excluding hydrogens is 224 g/mol. The highest BCUT2D eigenvalue weighted by atomic mass is 35.5. The SMILES string of the molecule is CC(C)Nc1ccc(OC(F)F)c(Cl)c1. The van der Waals surface area contributed by atoms with Crippen molar-refractivity contribution < 1.29 is 13.5 Å². The summed E-state index contributed by atoms with van der Waals surface area (Å²) in [5.41, 5.74) is 0.775. The fourth-order valence-corrected chi connectivity index (χ4v) is 1.34. The summed E-state index contributed by atoms with van der Waals surface area (Å²) in [6, 6.07) is 4.87. The first-order chi connectivity index (χ1) is 6.99. The number of ether oxygens (including phenoxy) is 1. The molecule has 0 aliphatic carbocycles. The quantitative estimate of drug-likeness (QED) is 0.858. The first-order valence-corrected chi connectivity index (χ1v) is 4.87. The molecule has 0 aliphatic heterocycles. The Bertz CT molecular complexity index is 331. The van der Waals surface area contributed by atoms with Gasteiger partial charge < -0.3 is 10.1 Å². The zero-order chi connectivity index (χ0) is 11.4. The highest BCUT2D eigenvalue weighted by Crippen LogP contribution is 2.29. The molecule has 0 aromatic heterocycles. The first kappa shape index (κ1) is 12.0.